The second-order valence-electron chi connectivity index (χ2n) is 4.00. The van der Waals surface area contributed by atoms with Crippen molar-refractivity contribution in [3.8, 4) is 0 Å². The van der Waals surface area contributed by atoms with Crippen molar-refractivity contribution >= 4 is 5.91 Å². The highest BCUT2D eigenvalue weighted by molar-refractivity contribution is 5.85. The highest BCUT2D eigenvalue weighted by Crippen LogP contribution is 2.53. The normalized spacial score (nSPS) is 15.9. The fourth-order valence-corrected chi connectivity index (χ4v) is 0.934. The summed E-state index contributed by atoms with van der Waals surface area (Å²) < 4.78 is 112. The highest BCUT2D eigenvalue weighted by Gasteiger charge is 2.83. The first-order chi connectivity index (χ1) is 8.63. The summed E-state index contributed by atoms with van der Waals surface area (Å²) in [6.07, 6.45) is -6.96. The summed E-state index contributed by atoms with van der Waals surface area (Å²) in [6.45, 7) is 2.42. The zero-order valence-corrected chi connectivity index (χ0v) is 10.1. The fourth-order valence-electron chi connectivity index (χ4n) is 0.934. The molecule has 0 spiro atoms. The molecule has 0 aliphatic carbocycles. The summed E-state index contributed by atoms with van der Waals surface area (Å²) in [7, 11) is 0. The van der Waals surface area contributed by atoms with E-state index in [9.17, 15) is 44.3 Å². The topological polar surface area (TPSA) is 29.1 Å². The predicted molar refractivity (Wildman–Crippen MR) is 48.8 cm³/mol. The Kier molecular flexibility index (Phi) is 5.01. The van der Waals surface area contributed by atoms with Crippen LogP contribution in [-0.2, 0) is 4.79 Å². The van der Waals surface area contributed by atoms with Crippen LogP contribution in [0.1, 0.15) is 20.3 Å². The summed E-state index contributed by atoms with van der Waals surface area (Å²) in [5.74, 6) is -23.1. The number of rotatable bonds is 5. The third-order valence-corrected chi connectivity index (χ3v) is 2.42. The van der Waals surface area contributed by atoms with Crippen LogP contribution in [0.3, 0.4) is 0 Å². The second kappa shape index (κ2) is 5.32. The molecular formula is C9H10F9NO. The van der Waals surface area contributed by atoms with Crippen molar-refractivity contribution in [2.75, 3.05) is 0 Å². The first-order valence-electron chi connectivity index (χ1n) is 5.14. The first-order valence-corrected chi connectivity index (χ1v) is 5.14. The SMILES string of the molecule is CC[C@H](C)NC(=O)C(F)(F)C(F)(F)C(F)(F)C(F)(F)F. The third kappa shape index (κ3) is 2.95. The van der Waals surface area contributed by atoms with Crippen LogP contribution in [0.4, 0.5) is 39.5 Å². The predicted octanol–water partition coefficient (Wildman–Crippen LogP) is 3.37. The van der Waals surface area contributed by atoms with Gasteiger partial charge in [0.2, 0.25) is 0 Å². The second-order valence-corrected chi connectivity index (χ2v) is 4.00. The quantitative estimate of drug-likeness (QED) is 0.774. The molecule has 0 rings (SSSR count). The molecular weight excluding hydrogens is 309 g/mol. The van der Waals surface area contributed by atoms with Crippen molar-refractivity contribution in [1.82, 2.24) is 5.32 Å². The van der Waals surface area contributed by atoms with Crippen LogP contribution in [0, 0.1) is 0 Å². The number of carbonyl (C=O) groups excluding carboxylic acids is 1. The van der Waals surface area contributed by atoms with Crippen LogP contribution in [0.2, 0.25) is 0 Å². The lowest BCUT2D eigenvalue weighted by molar-refractivity contribution is -0.388. The van der Waals surface area contributed by atoms with Crippen LogP contribution in [-0.4, -0.2) is 35.9 Å². The Balaban J connectivity index is 5.52. The molecule has 0 fully saturated rings. The summed E-state index contributed by atoms with van der Waals surface area (Å²) in [5, 5.41) is 1.23. The summed E-state index contributed by atoms with van der Waals surface area (Å²) >= 11 is 0. The van der Waals surface area contributed by atoms with E-state index in [-0.39, 0.29) is 6.42 Å². The van der Waals surface area contributed by atoms with Crippen LogP contribution in [0.15, 0.2) is 0 Å². The van der Waals surface area contributed by atoms with Gasteiger partial charge in [0.15, 0.2) is 0 Å². The minimum absolute atomic E-state index is 0.0247. The van der Waals surface area contributed by atoms with E-state index >= 15 is 0 Å². The standard InChI is InChI=1S/C9H10F9NO/c1-3-4(2)19-5(20)6(10,11)7(12,13)8(14,15)9(16,17)18/h4H,3H2,1-2H3,(H,19,20)/t4-/m0/s1. The molecule has 0 heterocycles. The lowest BCUT2D eigenvalue weighted by atomic mass is 10.0. The number of hydrogen-bond acceptors (Lipinski definition) is 1. The first kappa shape index (κ1) is 18.8. The molecule has 0 aromatic rings. The largest absolute Gasteiger partial charge is 0.460 e. The van der Waals surface area contributed by atoms with E-state index in [2.05, 4.69) is 0 Å². The molecule has 0 unspecified atom stereocenters. The van der Waals surface area contributed by atoms with Gasteiger partial charge in [-0.2, -0.15) is 39.5 Å². The lowest BCUT2D eigenvalue weighted by Crippen LogP contribution is -2.65. The maximum absolute atomic E-state index is 13.0. The number of amides is 1. The molecule has 1 atom stereocenters. The van der Waals surface area contributed by atoms with E-state index in [0.717, 1.165) is 6.92 Å². The molecule has 0 aromatic heterocycles. The molecule has 1 amide bonds. The maximum Gasteiger partial charge on any atom is 0.460 e. The Bertz CT molecular complexity index is 363. The average molecular weight is 319 g/mol. The van der Waals surface area contributed by atoms with Crippen molar-refractivity contribution < 1.29 is 44.3 Å². The van der Waals surface area contributed by atoms with Gasteiger partial charge in [0.1, 0.15) is 0 Å². The van der Waals surface area contributed by atoms with Crippen LogP contribution < -0.4 is 5.32 Å². The number of carbonyl (C=O) groups is 1. The highest BCUT2D eigenvalue weighted by atomic mass is 19.4. The van der Waals surface area contributed by atoms with Gasteiger partial charge in [0.25, 0.3) is 5.91 Å². The number of alkyl halides is 9. The molecule has 0 aromatic carbocycles. The summed E-state index contributed by atoms with van der Waals surface area (Å²) in [4.78, 5) is 10.8. The van der Waals surface area contributed by atoms with Gasteiger partial charge in [-0.1, -0.05) is 6.92 Å². The summed E-state index contributed by atoms with van der Waals surface area (Å²) in [6, 6.07) is -1.11. The van der Waals surface area contributed by atoms with Gasteiger partial charge >= 0.3 is 23.9 Å². The smallest absolute Gasteiger partial charge is 0.348 e. The van der Waals surface area contributed by atoms with Crippen LogP contribution >= 0.6 is 0 Å². The van der Waals surface area contributed by atoms with Crippen molar-refractivity contribution in [3.63, 3.8) is 0 Å². The Labute approximate surface area is 107 Å². The molecule has 0 saturated heterocycles. The molecule has 2 nitrogen and oxygen atoms in total. The Morgan fingerprint density at radius 1 is 0.950 bits per heavy atom. The molecule has 0 aliphatic rings. The van der Waals surface area contributed by atoms with E-state index in [1.807, 2.05) is 0 Å². The monoisotopic (exact) mass is 319 g/mol. The molecule has 1 N–H and O–H groups in total. The molecule has 0 radical (unpaired) electrons. The molecule has 0 saturated carbocycles. The molecule has 0 bridgehead atoms. The maximum atomic E-state index is 13.0. The van der Waals surface area contributed by atoms with Gasteiger partial charge in [-0.15, -0.1) is 0 Å². The van der Waals surface area contributed by atoms with Crippen molar-refractivity contribution in [2.24, 2.45) is 0 Å². The number of nitrogens with one attached hydrogen (secondary N) is 1. The summed E-state index contributed by atoms with van der Waals surface area (Å²) in [5.41, 5.74) is 0. The lowest BCUT2D eigenvalue weighted by Gasteiger charge is -2.33. The molecule has 0 aliphatic heterocycles. The molecule has 120 valence electrons. The zero-order valence-electron chi connectivity index (χ0n) is 10.1. The van der Waals surface area contributed by atoms with Gasteiger partial charge in [-0.05, 0) is 13.3 Å². The Hall–Kier alpha value is -1.16. The molecule has 20 heavy (non-hydrogen) atoms. The van der Waals surface area contributed by atoms with E-state index in [1.54, 1.807) is 0 Å². The number of hydrogen-bond donors (Lipinski definition) is 1. The average Bonchev–Trinajstić information content (AvgIpc) is 2.26. The van der Waals surface area contributed by atoms with Crippen molar-refractivity contribution in [2.45, 2.75) is 50.3 Å². The van der Waals surface area contributed by atoms with E-state index in [0.29, 0.717) is 0 Å². The Morgan fingerprint density at radius 3 is 1.65 bits per heavy atom. The van der Waals surface area contributed by atoms with Gasteiger partial charge in [-0.3, -0.25) is 4.79 Å². The van der Waals surface area contributed by atoms with Gasteiger partial charge in [0, 0.05) is 6.04 Å². The van der Waals surface area contributed by atoms with Gasteiger partial charge in [0.05, 0.1) is 0 Å². The zero-order chi connectivity index (χ0) is 16.6. The van der Waals surface area contributed by atoms with Crippen LogP contribution in [0.5, 0.6) is 0 Å². The minimum Gasteiger partial charge on any atom is -0.348 e. The van der Waals surface area contributed by atoms with Crippen molar-refractivity contribution in [1.29, 1.82) is 0 Å². The van der Waals surface area contributed by atoms with Gasteiger partial charge < -0.3 is 5.32 Å². The van der Waals surface area contributed by atoms with Gasteiger partial charge in [-0.25, -0.2) is 0 Å². The van der Waals surface area contributed by atoms with Crippen molar-refractivity contribution in [3.05, 3.63) is 0 Å². The molecule has 11 heteroatoms. The Morgan fingerprint density at radius 2 is 1.35 bits per heavy atom. The van der Waals surface area contributed by atoms with E-state index in [4.69, 9.17) is 0 Å². The minimum atomic E-state index is -7.06. The van der Waals surface area contributed by atoms with E-state index in [1.165, 1.54) is 12.2 Å². The van der Waals surface area contributed by atoms with Crippen LogP contribution in [0.25, 0.3) is 0 Å². The third-order valence-electron chi connectivity index (χ3n) is 2.42. The fraction of sp³-hybridized carbons (Fsp3) is 0.889. The van der Waals surface area contributed by atoms with E-state index < -0.39 is 35.9 Å². The number of halogens is 9.